The number of benzene rings is 1. The number of carbonyl (C=O) groups is 1. The molecule has 0 bridgehead atoms. The van der Waals surface area contributed by atoms with E-state index in [0.29, 0.717) is 13.0 Å². The minimum Gasteiger partial charge on any atom is -0.466 e. The van der Waals surface area contributed by atoms with Gasteiger partial charge in [0.1, 0.15) is 0 Å². The van der Waals surface area contributed by atoms with Crippen molar-refractivity contribution in [1.82, 2.24) is 4.98 Å². The first-order chi connectivity index (χ1) is 8.77. The Bertz CT molecular complexity index is 546. The number of aromatic nitrogens is 1. The van der Waals surface area contributed by atoms with Gasteiger partial charge in [-0.1, -0.05) is 31.2 Å². The maximum absolute atomic E-state index is 12.0. The Morgan fingerprint density at radius 1 is 1.28 bits per heavy atom. The first-order valence-electron chi connectivity index (χ1n) is 6.27. The lowest BCUT2D eigenvalue weighted by atomic mass is 9.93. The Balaban J connectivity index is 2.48. The standard InChI is InChI=1S/C15H17NO2/c1-3-12(15(17)18-4-2)14-10-16-9-11-7-5-6-8-13(11)14/h5-10,12H,3-4H2,1-2H3. The van der Waals surface area contributed by atoms with Gasteiger partial charge < -0.3 is 4.74 Å². The average molecular weight is 243 g/mol. The molecule has 18 heavy (non-hydrogen) atoms. The van der Waals surface area contributed by atoms with Gasteiger partial charge in [-0.3, -0.25) is 9.78 Å². The molecule has 0 saturated heterocycles. The third-order valence-corrected chi connectivity index (χ3v) is 3.05. The van der Waals surface area contributed by atoms with Crippen molar-refractivity contribution in [2.45, 2.75) is 26.2 Å². The molecule has 0 aliphatic rings. The van der Waals surface area contributed by atoms with Crippen LogP contribution in [0, 0.1) is 0 Å². The summed E-state index contributed by atoms with van der Waals surface area (Å²) >= 11 is 0. The molecule has 0 spiro atoms. The Labute approximate surface area is 107 Å². The maximum Gasteiger partial charge on any atom is 0.313 e. The second-order valence-corrected chi connectivity index (χ2v) is 4.16. The van der Waals surface area contributed by atoms with Crippen LogP contribution < -0.4 is 0 Å². The first kappa shape index (κ1) is 12.6. The molecule has 0 radical (unpaired) electrons. The number of pyridine rings is 1. The quantitative estimate of drug-likeness (QED) is 0.773. The van der Waals surface area contributed by atoms with Gasteiger partial charge in [-0.2, -0.15) is 0 Å². The van der Waals surface area contributed by atoms with Crippen LogP contribution >= 0.6 is 0 Å². The second kappa shape index (κ2) is 5.63. The number of rotatable bonds is 4. The Morgan fingerprint density at radius 3 is 2.78 bits per heavy atom. The zero-order chi connectivity index (χ0) is 13.0. The van der Waals surface area contributed by atoms with Crippen LogP contribution in [0.3, 0.4) is 0 Å². The van der Waals surface area contributed by atoms with Gasteiger partial charge in [0.2, 0.25) is 0 Å². The summed E-state index contributed by atoms with van der Waals surface area (Å²) in [6, 6.07) is 7.97. The Hall–Kier alpha value is -1.90. The molecule has 3 heteroatoms. The lowest BCUT2D eigenvalue weighted by molar-refractivity contribution is -0.145. The number of esters is 1. The van der Waals surface area contributed by atoms with Crippen LogP contribution in [0.15, 0.2) is 36.7 Å². The Kier molecular flexibility index (Phi) is 3.92. The highest BCUT2D eigenvalue weighted by Crippen LogP contribution is 2.27. The number of nitrogens with zero attached hydrogens (tertiary/aromatic N) is 1. The second-order valence-electron chi connectivity index (χ2n) is 4.16. The summed E-state index contributed by atoms with van der Waals surface area (Å²) in [4.78, 5) is 16.2. The zero-order valence-electron chi connectivity index (χ0n) is 10.7. The van der Waals surface area contributed by atoms with E-state index in [4.69, 9.17) is 4.74 Å². The maximum atomic E-state index is 12.0. The van der Waals surface area contributed by atoms with E-state index in [9.17, 15) is 4.79 Å². The number of carbonyl (C=O) groups excluding carboxylic acids is 1. The summed E-state index contributed by atoms with van der Waals surface area (Å²) in [5, 5.41) is 2.13. The molecule has 0 aliphatic heterocycles. The lowest BCUT2D eigenvalue weighted by Crippen LogP contribution is -2.15. The molecule has 0 fully saturated rings. The van der Waals surface area contributed by atoms with Crippen LogP contribution in [0.4, 0.5) is 0 Å². The van der Waals surface area contributed by atoms with Crippen molar-refractivity contribution in [2.75, 3.05) is 6.61 Å². The minimum atomic E-state index is -0.233. The highest BCUT2D eigenvalue weighted by Gasteiger charge is 2.22. The van der Waals surface area contributed by atoms with Gasteiger partial charge in [0, 0.05) is 17.8 Å². The fourth-order valence-corrected chi connectivity index (χ4v) is 2.17. The van der Waals surface area contributed by atoms with Crippen LogP contribution in [0.25, 0.3) is 10.8 Å². The molecule has 2 rings (SSSR count). The van der Waals surface area contributed by atoms with Gasteiger partial charge in [0.05, 0.1) is 12.5 Å². The normalized spacial score (nSPS) is 12.3. The molecule has 1 aromatic heterocycles. The van der Waals surface area contributed by atoms with Crippen molar-refractivity contribution in [1.29, 1.82) is 0 Å². The van der Waals surface area contributed by atoms with Crippen molar-refractivity contribution in [3.63, 3.8) is 0 Å². The molecule has 0 saturated carbocycles. The fourth-order valence-electron chi connectivity index (χ4n) is 2.17. The van der Waals surface area contributed by atoms with E-state index >= 15 is 0 Å². The van der Waals surface area contributed by atoms with Gasteiger partial charge in [-0.05, 0) is 24.3 Å². The molecule has 1 heterocycles. The zero-order valence-corrected chi connectivity index (χ0v) is 10.7. The third kappa shape index (κ3) is 2.35. The monoisotopic (exact) mass is 243 g/mol. The molecular weight excluding hydrogens is 226 g/mol. The van der Waals surface area contributed by atoms with E-state index in [1.807, 2.05) is 44.3 Å². The topological polar surface area (TPSA) is 39.2 Å². The number of hydrogen-bond acceptors (Lipinski definition) is 3. The predicted octanol–water partition coefficient (Wildman–Crippen LogP) is 3.29. The molecular formula is C15H17NO2. The molecule has 1 atom stereocenters. The third-order valence-electron chi connectivity index (χ3n) is 3.05. The van der Waals surface area contributed by atoms with E-state index in [1.165, 1.54) is 0 Å². The van der Waals surface area contributed by atoms with Crippen LogP contribution in [0.5, 0.6) is 0 Å². The van der Waals surface area contributed by atoms with Crippen molar-refractivity contribution in [2.24, 2.45) is 0 Å². The van der Waals surface area contributed by atoms with E-state index in [0.717, 1.165) is 16.3 Å². The van der Waals surface area contributed by atoms with Crippen molar-refractivity contribution >= 4 is 16.7 Å². The molecule has 1 aromatic carbocycles. The first-order valence-corrected chi connectivity index (χ1v) is 6.27. The van der Waals surface area contributed by atoms with Crippen LogP contribution in [0.1, 0.15) is 31.7 Å². The largest absolute Gasteiger partial charge is 0.466 e. The van der Waals surface area contributed by atoms with Gasteiger partial charge in [-0.25, -0.2) is 0 Å². The number of fused-ring (bicyclic) bond motifs is 1. The van der Waals surface area contributed by atoms with E-state index < -0.39 is 0 Å². The van der Waals surface area contributed by atoms with Gasteiger partial charge in [0.25, 0.3) is 0 Å². The van der Waals surface area contributed by atoms with Crippen molar-refractivity contribution in [3.8, 4) is 0 Å². The molecule has 0 aliphatic carbocycles. The van der Waals surface area contributed by atoms with E-state index in [1.54, 1.807) is 6.20 Å². The summed E-state index contributed by atoms with van der Waals surface area (Å²) in [6.07, 6.45) is 4.30. The lowest BCUT2D eigenvalue weighted by Gasteiger charge is -2.15. The van der Waals surface area contributed by atoms with Crippen LogP contribution in [0.2, 0.25) is 0 Å². The van der Waals surface area contributed by atoms with Crippen molar-refractivity contribution in [3.05, 3.63) is 42.2 Å². The summed E-state index contributed by atoms with van der Waals surface area (Å²) in [7, 11) is 0. The highest BCUT2D eigenvalue weighted by molar-refractivity contribution is 5.90. The SMILES string of the molecule is CCOC(=O)C(CC)c1cncc2ccccc12. The van der Waals surface area contributed by atoms with Crippen molar-refractivity contribution < 1.29 is 9.53 Å². The average Bonchev–Trinajstić information content (AvgIpc) is 2.40. The minimum absolute atomic E-state index is 0.168. The summed E-state index contributed by atoms with van der Waals surface area (Å²) < 4.78 is 5.13. The highest BCUT2D eigenvalue weighted by atomic mass is 16.5. The molecule has 94 valence electrons. The molecule has 2 aromatic rings. The predicted molar refractivity (Wildman–Crippen MR) is 71.4 cm³/mol. The summed E-state index contributed by atoms with van der Waals surface area (Å²) in [6.45, 7) is 4.23. The van der Waals surface area contributed by atoms with Crippen LogP contribution in [-0.2, 0) is 9.53 Å². The number of hydrogen-bond donors (Lipinski definition) is 0. The molecule has 0 amide bonds. The van der Waals surface area contributed by atoms with Crippen LogP contribution in [-0.4, -0.2) is 17.6 Å². The van der Waals surface area contributed by atoms with Gasteiger partial charge >= 0.3 is 5.97 Å². The number of ether oxygens (including phenoxy) is 1. The summed E-state index contributed by atoms with van der Waals surface area (Å²) in [5.74, 6) is -0.401. The smallest absolute Gasteiger partial charge is 0.313 e. The van der Waals surface area contributed by atoms with Gasteiger partial charge in [0.15, 0.2) is 0 Å². The fraction of sp³-hybridized carbons (Fsp3) is 0.333. The van der Waals surface area contributed by atoms with E-state index in [-0.39, 0.29) is 11.9 Å². The van der Waals surface area contributed by atoms with E-state index in [2.05, 4.69) is 4.98 Å². The van der Waals surface area contributed by atoms with Gasteiger partial charge in [-0.15, -0.1) is 0 Å². The molecule has 1 unspecified atom stereocenters. The molecule has 0 N–H and O–H groups in total. The molecule has 3 nitrogen and oxygen atoms in total. The Morgan fingerprint density at radius 2 is 2.06 bits per heavy atom. The summed E-state index contributed by atoms with van der Waals surface area (Å²) in [5.41, 5.74) is 0.953.